The van der Waals surface area contributed by atoms with Gasteiger partial charge in [0.25, 0.3) is 0 Å². The average molecular weight is 680 g/mol. The monoisotopic (exact) mass is 678 g/mol. The third-order valence-electron chi connectivity index (χ3n) is 6.01. The number of halogens is 1. The summed E-state index contributed by atoms with van der Waals surface area (Å²) in [7, 11) is 6.55. The maximum absolute atomic E-state index is 6.21. The SMILES string of the molecule is COCCOc1cc(COc2cc(CBr)cc(OCc3cc(OCCOC)cc(OCCOC)c3)c2)cc(OCCOC)c1. The summed E-state index contributed by atoms with van der Waals surface area (Å²) in [5, 5.41) is 0.640. The van der Waals surface area contributed by atoms with Gasteiger partial charge in [-0.2, -0.15) is 0 Å². The van der Waals surface area contributed by atoms with Crippen molar-refractivity contribution in [2.24, 2.45) is 0 Å². The van der Waals surface area contributed by atoms with Gasteiger partial charge in [-0.1, -0.05) is 15.9 Å². The van der Waals surface area contributed by atoms with Crippen LogP contribution in [0, 0.1) is 0 Å². The van der Waals surface area contributed by atoms with Crippen molar-refractivity contribution in [3.8, 4) is 34.5 Å². The second kappa shape index (κ2) is 20.7. The molecular formula is C33H43BrO10. The number of hydrogen-bond acceptors (Lipinski definition) is 10. The molecule has 0 aliphatic heterocycles. The van der Waals surface area contributed by atoms with Crippen molar-refractivity contribution >= 4 is 15.9 Å². The molecular weight excluding hydrogens is 636 g/mol. The van der Waals surface area contributed by atoms with E-state index < -0.39 is 0 Å². The lowest BCUT2D eigenvalue weighted by molar-refractivity contribution is 0.142. The zero-order chi connectivity index (χ0) is 31.4. The standard InChI is InChI=1S/C33H43BrO10/c1-35-5-9-39-28-15-26(16-29(19-28)40-10-6-36-2)23-43-32-13-25(22-34)14-33(21-32)44-24-27-17-30(41-11-7-37-3)20-31(18-27)42-12-8-38-4/h13-21H,5-12,22-24H2,1-4H3. The summed E-state index contributed by atoms with van der Waals surface area (Å²) in [5.74, 6) is 4.04. The van der Waals surface area contributed by atoms with Gasteiger partial charge < -0.3 is 47.4 Å². The Hall–Kier alpha value is -3.22. The van der Waals surface area contributed by atoms with E-state index in [1.165, 1.54) is 0 Å². The number of rotatable bonds is 23. The second-order valence-electron chi connectivity index (χ2n) is 9.51. The summed E-state index contributed by atoms with van der Waals surface area (Å²) in [4.78, 5) is 0. The molecule has 0 radical (unpaired) electrons. The molecule has 3 rings (SSSR count). The molecule has 3 aromatic rings. The summed E-state index contributed by atoms with van der Waals surface area (Å²) in [6.07, 6.45) is 0. The molecule has 242 valence electrons. The molecule has 3 aromatic carbocycles. The quantitative estimate of drug-likeness (QED) is 0.0900. The maximum Gasteiger partial charge on any atom is 0.123 e. The minimum atomic E-state index is 0.302. The van der Waals surface area contributed by atoms with E-state index in [1.54, 1.807) is 28.4 Å². The first-order chi connectivity index (χ1) is 21.6. The van der Waals surface area contributed by atoms with Crippen LogP contribution in [-0.2, 0) is 37.5 Å². The highest BCUT2D eigenvalue weighted by Crippen LogP contribution is 2.29. The highest BCUT2D eigenvalue weighted by Gasteiger charge is 2.10. The van der Waals surface area contributed by atoms with E-state index in [1.807, 2.05) is 54.6 Å². The van der Waals surface area contributed by atoms with Gasteiger partial charge in [-0.25, -0.2) is 0 Å². The van der Waals surface area contributed by atoms with Crippen LogP contribution in [0.2, 0.25) is 0 Å². The summed E-state index contributed by atoms with van der Waals surface area (Å²) >= 11 is 3.56. The van der Waals surface area contributed by atoms with E-state index >= 15 is 0 Å². The van der Waals surface area contributed by atoms with Gasteiger partial charge in [0.15, 0.2) is 0 Å². The number of methoxy groups -OCH3 is 4. The van der Waals surface area contributed by atoms with Gasteiger partial charge in [-0.15, -0.1) is 0 Å². The zero-order valence-electron chi connectivity index (χ0n) is 25.9. The molecule has 0 amide bonds. The molecule has 0 aliphatic rings. The smallest absolute Gasteiger partial charge is 0.123 e. The minimum Gasteiger partial charge on any atom is -0.491 e. The van der Waals surface area contributed by atoms with Crippen LogP contribution in [0.1, 0.15) is 16.7 Å². The fourth-order valence-corrected chi connectivity index (χ4v) is 4.26. The number of benzene rings is 3. The average Bonchev–Trinajstić information content (AvgIpc) is 3.03. The van der Waals surface area contributed by atoms with Gasteiger partial charge in [0.1, 0.15) is 74.1 Å². The van der Waals surface area contributed by atoms with Crippen LogP contribution >= 0.6 is 15.9 Å². The van der Waals surface area contributed by atoms with Crippen molar-refractivity contribution in [2.45, 2.75) is 18.5 Å². The fourth-order valence-electron chi connectivity index (χ4n) is 3.94. The van der Waals surface area contributed by atoms with Crippen LogP contribution in [0.4, 0.5) is 0 Å². The molecule has 44 heavy (non-hydrogen) atoms. The molecule has 10 nitrogen and oxygen atoms in total. The predicted octanol–water partition coefficient (Wildman–Crippen LogP) is 5.84. The van der Waals surface area contributed by atoms with Gasteiger partial charge in [-0.05, 0) is 53.1 Å². The van der Waals surface area contributed by atoms with Gasteiger partial charge in [0.05, 0.1) is 26.4 Å². The number of ether oxygens (including phenoxy) is 10. The van der Waals surface area contributed by atoms with Crippen LogP contribution in [-0.4, -0.2) is 81.3 Å². The van der Waals surface area contributed by atoms with E-state index in [9.17, 15) is 0 Å². The fraction of sp³-hybridized carbons (Fsp3) is 0.455. The molecule has 0 spiro atoms. The van der Waals surface area contributed by atoms with Crippen LogP contribution < -0.4 is 28.4 Å². The Labute approximate surface area is 268 Å². The largest absolute Gasteiger partial charge is 0.491 e. The highest BCUT2D eigenvalue weighted by atomic mass is 79.9. The molecule has 11 heteroatoms. The summed E-state index contributed by atoms with van der Waals surface area (Å²) in [6, 6.07) is 17.2. The van der Waals surface area contributed by atoms with Crippen LogP contribution in [0.15, 0.2) is 54.6 Å². The third kappa shape index (κ3) is 13.2. The zero-order valence-corrected chi connectivity index (χ0v) is 27.5. The molecule has 0 saturated heterocycles. The van der Waals surface area contributed by atoms with Crippen molar-refractivity contribution in [1.29, 1.82) is 0 Å². The first kappa shape index (κ1) is 35.3. The molecule has 0 atom stereocenters. The van der Waals surface area contributed by atoms with Crippen molar-refractivity contribution in [1.82, 2.24) is 0 Å². The lowest BCUT2D eigenvalue weighted by Crippen LogP contribution is -2.07. The molecule has 0 bridgehead atoms. The minimum absolute atomic E-state index is 0.302. The second-order valence-corrected chi connectivity index (χ2v) is 10.1. The molecule has 0 heterocycles. The van der Waals surface area contributed by atoms with Crippen LogP contribution in [0.25, 0.3) is 0 Å². The first-order valence-electron chi connectivity index (χ1n) is 14.3. The summed E-state index contributed by atoms with van der Waals surface area (Å²) in [6.45, 7) is 4.24. The van der Waals surface area contributed by atoms with E-state index in [2.05, 4.69) is 15.9 Å². The third-order valence-corrected chi connectivity index (χ3v) is 6.66. The Bertz CT molecular complexity index is 1090. The number of hydrogen-bond donors (Lipinski definition) is 0. The van der Waals surface area contributed by atoms with Gasteiger partial charge in [0.2, 0.25) is 0 Å². The molecule has 0 aromatic heterocycles. The molecule has 0 fully saturated rings. The van der Waals surface area contributed by atoms with Crippen molar-refractivity contribution in [2.75, 3.05) is 81.3 Å². The Balaban J connectivity index is 1.71. The molecule has 0 N–H and O–H groups in total. The van der Waals surface area contributed by atoms with Gasteiger partial charge in [0, 0.05) is 52.0 Å². The first-order valence-corrected chi connectivity index (χ1v) is 15.4. The topological polar surface area (TPSA) is 92.3 Å². The Kier molecular flexibility index (Phi) is 16.6. The van der Waals surface area contributed by atoms with Gasteiger partial charge >= 0.3 is 0 Å². The van der Waals surface area contributed by atoms with Crippen molar-refractivity contribution < 1.29 is 47.4 Å². The van der Waals surface area contributed by atoms with E-state index in [4.69, 9.17) is 47.4 Å². The van der Waals surface area contributed by atoms with Crippen molar-refractivity contribution in [3.63, 3.8) is 0 Å². The molecule has 0 saturated carbocycles. The number of alkyl halides is 1. The normalized spacial score (nSPS) is 10.8. The van der Waals surface area contributed by atoms with Crippen LogP contribution in [0.5, 0.6) is 34.5 Å². The summed E-state index contributed by atoms with van der Waals surface area (Å²) < 4.78 is 56.2. The highest BCUT2D eigenvalue weighted by molar-refractivity contribution is 9.08. The van der Waals surface area contributed by atoms with Crippen molar-refractivity contribution in [3.05, 3.63) is 71.3 Å². The predicted molar refractivity (Wildman–Crippen MR) is 170 cm³/mol. The Morgan fingerprint density at radius 2 is 0.636 bits per heavy atom. The lowest BCUT2D eigenvalue weighted by atomic mass is 10.2. The Morgan fingerprint density at radius 1 is 0.364 bits per heavy atom. The summed E-state index contributed by atoms with van der Waals surface area (Å²) in [5.41, 5.74) is 2.80. The van der Waals surface area contributed by atoms with Crippen LogP contribution in [0.3, 0.4) is 0 Å². The van der Waals surface area contributed by atoms with Gasteiger partial charge in [-0.3, -0.25) is 0 Å². The Morgan fingerprint density at radius 3 is 0.909 bits per heavy atom. The molecule has 0 unspecified atom stereocenters. The van der Waals surface area contributed by atoms with E-state index in [0.717, 1.165) is 16.7 Å². The lowest BCUT2D eigenvalue weighted by Gasteiger charge is -2.15. The molecule has 0 aliphatic carbocycles. The van der Waals surface area contributed by atoms with E-state index in [-0.39, 0.29) is 0 Å². The maximum atomic E-state index is 6.21. The van der Waals surface area contributed by atoms with E-state index in [0.29, 0.717) is 106 Å².